The average Bonchev–Trinajstić information content (AvgIpc) is 3.21. The van der Waals surface area contributed by atoms with E-state index in [1.54, 1.807) is 13.2 Å². The second-order valence-corrected chi connectivity index (χ2v) is 6.75. The van der Waals surface area contributed by atoms with Crippen LogP contribution in [0.25, 0.3) is 0 Å². The second kappa shape index (κ2) is 7.29. The van der Waals surface area contributed by atoms with Crippen LogP contribution >= 0.6 is 0 Å². The molecule has 7 heteroatoms. The highest BCUT2D eigenvalue weighted by molar-refractivity contribution is 5.16. The predicted octanol–water partition coefficient (Wildman–Crippen LogP) is 1.90. The summed E-state index contributed by atoms with van der Waals surface area (Å²) >= 11 is 0. The van der Waals surface area contributed by atoms with Gasteiger partial charge in [0.2, 0.25) is 0 Å². The van der Waals surface area contributed by atoms with E-state index < -0.39 is 0 Å². The first kappa shape index (κ1) is 16.8. The molecule has 2 aromatic heterocycles. The van der Waals surface area contributed by atoms with Gasteiger partial charge in [-0.25, -0.2) is 14.5 Å². The van der Waals surface area contributed by atoms with E-state index in [2.05, 4.69) is 10.3 Å². The van der Waals surface area contributed by atoms with Crippen molar-refractivity contribution in [2.75, 3.05) is 13.1 Å². The van der Waals surface area contributed by atoms with Crippen molar-refractivity contribution >= 4 is 0 Å². The highest BCUT2D eigenvalue weighted by atomic mass is 16.3. The van der Waals surface area contributed by atoms with Crippen LogP contribution in [0.15, 0.2) is 45.8 Å². The molecule has 0 saturated carbocycles. The lowest BCUT2D eigenvalue weighted by atomic mass is 9.97. The van der Waals surface area contributed by atoms with Gasteiger partial charge in [0.05, 0.1) is 13.1 Å². The molecule has 1 N–H and O–H groups in total. The Morgan fingerprint density at radius 3 is 2.65 bits per heavy atom. The van der Waals surface area contributed by atoms with Crippen molar-refractivity contribution in [1.29, 1.82) is 0 Å². The zero-order valence-electron chi connectivity index (χ0n) is 14.9. The van der Waals surface area contributed by atoms with Crippen molar-refractivity contribution in [3.05, 3.63) is 70.1 Å². The van der Waals surface area contributed by atoms with Crippen LogP contribution in [0.2, 0.25) is 0 Å². The largest absolute Gasteiger partial charge is 0.449 e. The van der Waals surface area contributed by atoms with E-state index in [1.807, 2.05) is 34.9 Å². The minimum absolute atomic E-state index is 0.0944. The molecule has 26 heavy (non-hydrogen) atoms. The average molecular weight is 353 g/mol. The normalized spacial score (nSPS) is 15.4. The Bertz CT molecular complexity index is 919. The van der Waals surface area contributed by atoms with Gasteiger partial charge in [-0.2, -0.15) is 5.10 Å². The van der Waals surface area contributed by atoms with E-state index >= 15 is 0 Å². The quantitative estimate of drug-likeness (QED) is 0.758. The molecule has 3 heterocycles. The third-order valence-electron chi connectivity index (χ3n) is 4.82. The summed E-state index contributed by atoms with van der Waals surface area (Å²) in [7, 11) is 0. The van der Waals surface area contributed by atoms with E-state index in [-0.39, 0.29) is 5.69 Å². The van der Waals surface area contributed by atoms with Gasteiger partial charge in [-0.1, -0.05) is 30.3 Å². The number of nitrogens with zero attached hydrogens (tertiary/aromatic N) is 4. The van der Waals surface area contributed by atoms with Gasteiger partial charge in [0.15, 0.2) is 5.89 Å². The standard InChI is InChI=1S/C19H23N5O2/c1-14-21-17(13-26-14)12-24-19(25)23(11-15-5-3-2-4-6-15)18(22-24)16-7-9-20-10-8-16/h2-6,13,16,20H,7-12H2,1H3. The Balaban J connectivity index is 1.70. The van der Waals surface area contributed by atoms with Gasteiger partial charge in [0.25, 0.3) is 0 Å². The summed E-state index contributed by atoms with van der Waals surface area (Å²) in [4.78, 5) is 17.3. The van der Waals surface area contributed by atoms with Crippen molar-refractivity contribution < 1.29 is 4.42 Å². The molecule has 4 rings (SSSR count). The molecule has 1 fully saturated rings. The molecule has 1 saturated heterocycles. The Morgan fingerprint density at radius 1 is 1.19 bits per heavy atom. The molecule has 136 valence electrons. The van der Waals surface area contributed by atoms with Gasteiger partial charge in [-0.15, -0.1) is 0 Å². The van der Waals surface area contributed by atoms with Crippen LogP contribution in [-0.4, -0.2) is 32.4 Å². The van der Waals surface area contributed by atoms with Crippen molar-refractivity contribution in [2.24, 2.45) is 0 Å². The summed E-state index contributed by atoms with van der Waals surface area (Å²) in [6, 6.07) is 10.0. The van der Waals surface area contributed by atoms with Gasteiger partial charge < -0.3 is 9.73 Å². The minimum Gasteiger partial charge on any atom is -0.449 e. The third kappa shape index (κ3) is 3.48. The summed E-state index contributed by atoms with van der Waals surface area (Å²) in [5.74, 6) is 1.77. The molecule has 0 radical (unpaired) electrons. The maximum atomic E-state index is 13.0. The molecule has 0 atom stereocenters. The highest BCUT2D eigenvalue weighted by Crippen LogP contribution is 2.23. The first-order valence-corrected chi connectivity index (χ1v) is 9.04. The number of piperidine rings is 1. The summed E-state index contributed by atoms with van der Waals surface area (Å²) in [6.45, 7) is 4.58. The van der Waals surface area contributed by atoms with E-state index in [0.717, 1.165) is 37.3 Å². The maximum Gasteiger partial charge on any atom is 0.346 e. The van der Waals surface area contributed by atoms with Crippen LogP contribution in [-0.2, 0) is 13.1 Å². The van der Waals surface area contributed by atoms with Crippen LogP contribution in [0.1, 0.15) is 41.7 Å². The van der Waals surface area contributed by atoms with E-state index in [9.17, 15) is 4.79 Å². The fourth-order valence-electron chi connectivity index (χ4n) is 3.49. The Kier molecular flexibility index (Phi) is 4.71. The molecule has 0 bridgehead atoms. The number of aromatic nitrogens is 4. The molecular formula is C19H23N5O2. The monoisotopic (exact) mass is 353 g/mol. The van der Waals surface area contributed by atoms with Gasteiger partial charge in [0.1, 0.15) is 17.8 Å². The SMILES string of the molecule is Cc1nc(Cn2nc(C3CCNCC3)n(Cc3ccccc3)c2=O)co1. The first-order chi connectivity index (χ1) is 12.7. The van der Waals surface area contributed by atoms with Crippen LogP contribution in [0.5, 0.6) is 0 Å². The van der Waals surface area contributed by atoms with Crippen molar-refractivity contribution in [3.63, 3.8) is 0 Å². The summed E-state index contributed by atoms with van der Waals surface area (Å²) in [5, 5.41) is 8.07. The van der Waals surface area contributed by atoms with Gasteiger partial charge >= 0.3 is 5.69 Å². The number of benzene rings is 1. The van der Waals surface area contributed by atoms with Gasteiger partial charge in [0, 0.05) is 12.8 Å². The Morgan fingerprint density at radius 2 is 1.96 bits per heavy atom. The summed E-state index contributed by atoms with van der Waals surface area (Å²) in [6.07, 6.45) is 3.57. The zero-order chi connectivity index (χ0) is 17.9. The number of aryl methyl sites for hydroxylation is 1. The fourth-order valence-corrected chi connectivity index (χ4v) is 3.49. The van der Waals surface area contributed by atoms with Crippen LogP contribution in [0.3, 0.4) is 0 Å². The van der Waals surface area contributed by atoms with Crippen molar-refractivity contribution in [2.45, 2.75) is 38.8 Å². The van der Waals surface area contributed by atoms with Gasteiger partial charge in [-0.05, 0) is 31.5 Å². The summed E-state index contributed by atoms with van der Waals surface area (Å²) in [5.41, 5.74) is 1.72. The van der Waals surface area contributed by atoms with E-state index in [4.69, 9.17) is 9.52 Å². The van der Waals surface area contributed by atoms with Gasteiger partial charge in [-0.3, -0.25) is 4.57 Å². The molecule has 1 aliphatic rings. The Labute approximate surface area is 151 Å². The molecule has 0 amide bonds. The van der Waals surface area contributed by atoms with Crippen LogP contribution in [0.4, 0.5) is 0 Å². The van der Waals surface area contributed by atoms with Crippen molar-refractivity contribution in [3.8, 4) is 0 Å². The molecule has 0 aliphatic carbocycles. The lowest BCUT2D eigenvalue weighted by molar-refractivity contribution is 0.430. The lowest BCUT2D eigenvalue weighted by Crippen LogP contribution is -2.30. The molecule has 1 aliphatic heterocycles. The minimum atomic E-state index is -0.0944. The second-order valence-electron chi connectivity index (χ2n) is 6.75. The molecule has 1 aromatic carbocycles. The molecule has 3 aromatic rings. The first-order valence-electron chi connectivity index (χ1n) is 9.04. The molecule has 0 unspecified atom stereocenters. The molecule has 7 nitrogen and oxygen atoms in total. The van der Waals surface area contributed by atoms with Crippen LogP contribution in [0, 0.1) is 6.92 Å². The predicted molar refractivity (Wildman–Crippen MR) is 97.2 cm³/mol. The zero-order valence-corrected chi connectivity index (χ0v) is 14.9. The lowest BCUT2D eigenvalue weighted by Gasteiger charge is -2.22. The van der Waals surface area contributed by atoms with Crippen molar-refractivity contribution in [1.82, 2.24) is 24.6 Å². The number of rotatable bonds is 5. The Hall–Kier alpha value is -2.67. The number of oxazole rings is 1. The van der Waals surface area contributed by atoms with E-state index in [0.29, 0.717) is 30.6 Å². The number of hydrogen-bond donors (Lipinski definition) is 1. The summed E-state index contributed by atoms with van der Waals surface area (Å²) < 4.78 is 8.59. The van der Waals surface area contributed by atoms with Crippen LogP contribution < -0.4 is 11.0 Å². The van der Waals surface area contributed by atoms with E-state index in [1.165, 1.54) is 4.68 Å². The molecule has 0 spiro atoms. The topological polar surface area (TPSA) is 77.9 Å². The smallest absolute Gasteiger partial charge is 0.346 e. The maximum absolute atomic E-state index is 13.0. The molecular weight excluding hydrogens is 330 g/mol. The fraction of sp³-hybridized carbons (Fsp3) is 0.421. The number of nitrogens with one attached hydrogen (secondary N) is 1. The third-order valence-corrected chi connectivity index (χ3v) is 4.82. The highest BCUT2D eigenvalue weighted by Gasteiger charge is 2.24. The number of hydrogen-bond acceptors (Lipinski definition) is 5.